The summed E-state index contributed by atoms with van der Waals surface area (Å²) in [4.78, 5) is 4.00. The van der Waals surface area contributed by atoms with Crippen LogP contribution in [0.1, 0.15) is 13.3 Å². The fourth-order valence-electron chi connectivity index (χ4n) is 0.875. The van der Waals surface area contributed by atoms with Crippen LogP contribution >= 0.6 is 0 Å². The molecule has 10 heavy (non-hydrogen) atoms. The monoisotopic (exact) mass is 140 g/mol. The quantitative estimate of drug-likeness (QED) is 0.612. The van der Waals surface area contributed by atoms with Gasteiger partial charge in [-0.05, 0) is 6.92 Å². The molecule has 0 radical (unpaired) electrons. The zero-order valence-corrected chi connectivity index (χ0v) is 6.13. The molecule has 1 rings (SSSR count). The Hall–Kier alpha value is -0.990. The number of nitrogens with zero attached hydrogens (tertiary/aromatic N) is 1. The van der Waals surface area contributed by atoms with Gasteiger partial charge in [0, 0.05) is 19.2 Å². The SMILES string of the molecule is CCOC1=C(N)C=NCC1. The maximum Gasteiger partial charge on any atom is 0.122 e. The number of ether oxygens (including phenoxy) is 1. The minimum absolute atomic E-state index is 0.674. The number of hydrogen-bond donors (Lipinski definition) is 1. The van der Waals surface area contributed by atoms with Gasteiger partial charge in [0.25, 0.3) is 0 Å². The highest BCUT2D eigenvalue weighted by molar-refractivity contribution is 5.78. The summed E-state index contributed by atoms with van der Waals surface area (Å²) >= 11 is 0. The third-order valence-electron chi connectivity index (χ3n) is 1.34. The molecule has 56 valence electrons. The summed E-state index contributed by atoms with van der Waals surface area (Å²) in [7, 11) is 0. The molecule has 0 fully saturated rings. The smallest absolute Gasteiger partial charge is 0.122 e. The average Bonchev–Trinajstić information content (AvgIpc) is 1.94. The predicted molar refractivity (Wildman–Crippen MR) is 40.8 cm³/mol. The van der Waals surface area contributed by atoms with Crippen molar-refractivity contribution in [2.45, 2.75) is 13.3 Å². The van der Waals surface area contributed by atoms with Gasteiger partial charge in [-0.15, -0.1) is 0 Å². The van der Waals surface area contributed by atoms with E-state index in [4.69, 9.17) is 10.5 Å². The first-order chi connectivity index (χ1) is 4.84. The Labute approximate surface area is 60.6 Å². The second kappa shape index (κ2) is 3.25. The first-order valence-electron chi connectivity index (χ1n) is 3.46. The van der Waals surface area contributed by atoms with E-state index in [0.29, 0.717) is 12.3 Å². The standard InChI is InChI=1S/C7H12N2O/c1-2-10-7-3-4-9-5-6(7)8/h5H,2-4,8H2,1H3. The van der Waals surface area contributed by atoms with Crippen LogP contribution < -0.4 is 5.73 Å². The van der Waals surface area contributed by atoms with Gasteiger partial charge < -0.3 is 10.5 Å². The number of hydrogen-bond acceptors (Lipinski definition) is 3. The minimum Gasteiger partial charge on any atom is -0.496 e. The topological polar surface area (TPSA) is 47.6 Å². The van der Waals surface area contributed by atoms with Crippen LogP contribution in [0.15, 0.2) is 16.4 Å². The largest absolute Gasteiger partial charge is 0.496 e. The van der Waals surface area contributed by atoms with Crippen LogP contribution in [0.3, 0.4) is 0 Å². The van der Waals surface area contributed by atoms with Gasteiger partial charge in [0.1, 0.15) is 5.76 Å². The number of allylic oxidation sites excluding steroid dienone is 1. The molecule has 1 aliphatic rings. The molecule has 0 saturated carbocycles. The molecule has 0 aromatic carbocycles. The first kappa shape index (κ1) is 7.12. The maximum absolute atomic E-state index is 5.57. The Morgan fingerprint density at radius 3 is 3.20 bits per heavy atom. The summed E-state index contributed by atoms with van der Waals surface area (Å²) in [6.45, 7) is 3.44. The van der Waals surface area contributed by atoms with Crippen molar-refractivity contribution in [3.05, 3.63) is 11.5 Å². The van der Waals surface area contributed by atoms with Gasteiger partial charge in [-0.3, -0.25) is 4.99 Å². The molecule has 0 aromatic heterocycles. The second-order valence-corrected chi connectivity index (χ2v) is 2.10. The molecule has 2 N–H and O–H groups in total. The number of aliphatic imine (C=N–C) groups is 1. The van der Waals surface area contributed by atoms with E-state index in [-0.39, 0.29) is 0 Å². The molecule has 1 aliphatic heterocycles. The zero-order chi connectivity index (χ0) is 7.40. The molecule has 0 aliphatic carbocycles. The molecule has 1 heterocycles. The fourth-order valence-corrected chi connectivity index (χ4v) is 0.875. The predicted octanol–water partition coefficient (Wildman–Crippen LogP) is 0.668. The van der Waals surface area contributed by atoms with Crippen molar-refractivity contribution in [3.8, 4) is 0 Å². The maximum atomic E-state index is 5.57. The summed E-state index contributed by atoms with van der Waals surface area (Å²) in [5.41, 5.74) is 6.24. The van der Waals surface area contributed by atoms with Gasteiger partial charge >= 0.3 is 0 Å². The van der Waals surface area contributed by atoms with Crippen LogP contribution in [0.2, 0.25) is 0 Å². The highest BCUT2D eigenvalue weighted by atomic mass is 16.5. The van der Waals surface area contributed by atoms with Crippen molar-refractivity contribution >= 4 is 6.21 Å². The molecule has 3 heteroatoms. The van der Waals surface area contributed by atoms with Crippen molar-refractivity contribution in [2.75, 3.05) is 13.2 Å². The van der Waals surface area contributed by atoms with E-state index < -0.39 is 0 Å². The minimum atomic E-state index is 0.674. The van der Waals surface area contributed by atoms with Crippen LogP contribution in [0.25, 0.3) is 0 Å². The summed E-state index contributed by atoms with van der Waals surface area (Å²) in [5.74, 6) is 0.887. The van der Waals surface area contributed by atoms with Gasteiger partial charge in [0.2, 0.25) is 0 Å². The number of dihydropyridines is 1. The first-order valence-corrected chi connectivity index (χ1v) is 3.46. The fraction of sp³-hybridized carbons (Fsp3) is 0.571. The van der Waals surface area contributed by atoms with Crippen LogP contribution in [-0.4, -0.2) is 19.4 Å². The highest BCUT2D eigenvalue weighted by Crippen LogP contribution is 2.09. The van der Waals surface area contributed by atoms with E-state index >= 15 is 0 Å². The lowest BCUT2D eigenvalue weighted by Gasteiger charge is -2.11. The molecule has 0 aromatic rings. The van der Waals surface area contributed by atoms with Crippen LogP contribution in [0.5, 0.6) is 0 Å². The second-order valence-electron chi connectivity index (χ2n) is 2.10. The lowest BCUT2D eigenvalue weighted by molar-refractivity contribution is 0.216. The van der Waals surface area contributed by atoms with Crippen molar-refractivity contribution in [1.82, 2.24) is 0 Å². The Morgan fingerprint density at radius 2 is 2.60 bits per heavy atom. The van der Waals surface area contributed by atoms with Gasteiger partial charge in [0.05, 0.1) is 12.3 Å². The molecular formula is C7H12N2O. The third-order valence-corrected chi connectivity index (χ3v) is 1.34. The van der Waals surface area contributed by atoms with E-state index in [0.717, 1.165) is 18.7 Å². The summed E-state index contributed by atoms with van der Waals surface area (Å²) in [6, 6.07) is 0. The average molecular weight is 140 g/mol. The van der Waals surface area contributed by atoms with Crippen molar-refractivity contribution in [2.24, 2.45) is 10.7 Å². The summed E-state index contributed by atoms with van der Waals surface area (Å²) in [5, 5.41) is 0. The molecule has 0 saturated heterocycles. The lowest BCUT2D eigenvalue weighted by Crippen LogP contribution is -2.11. The lowest BCUT2D eigenvalue weighted by atomic mass is 10.2. The Morgan fingerprint density at radius 1 is 1.80 bits per heavy atom. The molecule has 0 amide bonds. The van der Waals surface area contributed by atoms with E-state index in [1.54, 1.807) is 6.21 Å². The van der Waals surface area contributed by atoms with Crippen molar-refractivity contribution in [1.29, 1.82) is 0 Å². The summed E-state index contributed by atoms with van der Waals surface area (Å²) < 4.78 is 5.26. The van der Waals surface area contributed by atoms with Gasteiger partial charge in [0.15, 0.2) is 0 Å². The molecule has 0 atom stereocenters. The van der Waals surface area contributed by atoms with E-state index in [9.17, 15) is 0 Å². The molecular weight excluding hydrogens is 128 g/mol. The van der Waals surface area contributed by atoms with Gasteiger partial charge in [-0.25, -0.2) is 0 Å². The summed E-state index contributed by atoms with van der Waals surface area (Å²) in [6.07, 6.45) is 2.50. The van der Waals surface area contributed by atoms with Crippen LogP contribution in [0, 0.1) is 0 Å². The molecule has 3 nitrogen and oxygen atoms in total. The van der Waals surface area contributed by atoms with E-state index in [1.165, 1.54) is 0 Å². The van der Waals surface area contributed by atoms with Crippen LogP contribution in [0.4, 0.5) is 0 Å². The highest BCUT2D eigenvalue weighted by Gasteiger charge is 2.05. The van der Waals surface area contributed by atoms with Gasteiger partial charge in [-0.1, -0.05) is 0 Å². The number of nitrogens with two attached hydrogens (primary N) is 1. The zero-order valence-electron chi connectivity index (χ0n) is 6.13. The Kier molecular flexibility index (Phi) is 2.31. The molecule has 0 unspecified atom stereocenters. The molecule has 0 bridgehead atoms. The van der Waals surface area contributed by atoms with Crippen molar-refractivity contribution < 1.29 is 4.74 Å². The van der Waals surface area contributed by atoms with E-state index in [1.807, 2.05) is 6.92 Å². The van der Waals surface area contributed by atoms with Crippen molar-refractivity contribution in [3.63, 3.8) is 0 Å². The van der Waals surface area contributed by atoms with E-state index in [2.05, 4.69) is 4.99 Å². The van der Waals surface area contributed by atoms with Crippen LogP contribution in [-0.2, 0) is 4.74 Å². The molecule has 0 spiro atoms. The Balaban J connectivity index is 2.60. The third kappa shape index (κ3) is 1.50. The van der Waals surface area contributed by atoms with Gasteiger partial charge in [-0.2, -0.15) is 0 Å². The number of rotatable bonds is 2. The normalized spacial score (nSPS) is 17.7. The Bertz CT molecular complexity index is 172.